The summed E-state index contributed by atoms with van der Waals surface area (Å²) < 4.78 is 0. The zero-order valence-corrected chi connectivity index (χ0v) is 20.6. The normalized spacial score (nSPS) is 13.6. The van der Waals surface area contributed by atoms with Gasteiger partial charge in [0.1, 0.15) is 5.82 Å². The van der Waals surface area contributed by atoms with Crippen LogP contribution < -0.4 is 9.80 Å². The minimum absolute atomic E-state index is 0.151. The number of benzene rings is 3. The van der Waals surface area contributed by atoms with Crippen molar-refractivity contribution < 1.29 is 4.79 Å². The molecule has 6 heteroatoms. The summed E-state index contributed by atoms with van der Waals surface area (Å²) in [6.07, 6.45) is 1.82. The van der Waals surface area contributed by atoms with Crippen LogP contribution in [0, 0.1) is 0 Å². The Bertz CT molecular complexity index is 1220. The van der Waals surface area contributed by atoms with Crippen LogP contribution in [0.2, 0.25) is 0 Å². The summed E-state index contributed by atoms with van der Waals surface area (Å²) in [5, 5.41) is 0. The van der Waals surface area contributed by atoms with Gasteiger partial charge in [0.15, 0.2) is 0 Å². The third-order valence-electron chi connectivity index (χ3n) is 6.66. The topological polar surface area (TPSA) is 52.6 Å². The van der Waals surface area contributed by atoms with Crippen LogP contribution in [0.25, 0.3) is 0 Å². The van der Waals surface area contributed by atoms with Crippen molar-refractivity contribution in [3.63, 3.8) is 0 Å². The van der Waals surface area contributed by atoms with Crippen molar-refractivity contribution in [1.82, 2.24) is 14.9 Å². The SMILES string of the molecule is CN(Cc1ccccc1)c1nccc(N2CCN(C(=O)C(c3ccccc3)c3ccccc3)CC2)n1. The van der Waals surface area contributed by atoms with Crippen molar-refractivity contribution in [2.24, 2.45) is 0 Å². The molecule has 1 fully saturated rings. The first-order valence-corrected chi connectivity index (χ1v) is 12.4. The quantitative estimate of drug-likeness (QED) is 0.390. The molecule has 1 aromatic heterocycles. The van der Waals surface area contributed by atoms with E-state index in [2.05, 4.69) is 26.9 Å². The molecule has 1 aliphatic rings. The Kier molecular flexibility index (Phi) is 7.22. The molecule has 0 unspecified atom stereocenters. The molecule has 3 aromatic carbocycles. The highest BCUT2D eigenvalue weighted by atomic mass is 16.2. The largest absolute Gasteiger partial charge is 0.353 e. The van der Waals surface area contributed by atoms with Crippen molar-refractivity contribution in [2.75, 3.05) is 43.0 Å². The minimum atomic E-state index is -0.295. The van der Waals surface area contributed by atoms with Gasteiger partial charge >= 0.3 is 0 Å². The summed E-state index contributed by atoms with van der Waals surface area (Å²) in [5.74, 6) is 1.45. The monoisotopic (exact) mass is 477 g/mol. The number of nitrogens with zero attached hydrogens (tertiary/aromatic N) is 5. The molecule has 0 bridgehead atoms. The number of hydrogen-bond acceptors (Lipinski definition) is 5. The van der Waals surface area contributed by atoms with Crippen molar-refractivity contribution in [3.8, 4) is 0 Å². The van der Waals surface area contributed by atoms with Crippen LogP contribution in [0.4, 0.5) is 11.8 Å². The Morgan fingerprint density at radius 1 is 0.806 bits per heavy atom. The molecule has 0 atom stereocenters. The maximum Gasteiger partial charge on any atom is 0.234 e. The van der Waals surface area contributed by atoms with Gasteiger partial charge in [-0.05, 0) is 22.8 Å². The molecule has 0 N–H and O–H groups in total. The van der Waals surface area contributed by atoms with Crippen LogP contribution >= 0.6 is 0 Å². The molecule has 0 aliphatic carbocycles. The van der Waals surface area contributed by atoms with E-state index >= 15 is 0 Å². The summed E-state index contributed by atoms with van der Waals surface area (Å²) in [4.78, 5) is 29.3. The predicted molar refractivity (Wildman–Crippen MR) is 144 cm³/mol. The number of amides is 1. The fourth-order valence-electron chi connectivity index (χ4n) is 4.73. The first kappa shape index (κ1) is 23.5. The Morgan fingerprint density at radius 3 is 1.94 bits per heavy atom. The highest BCUT2D eigenvalue weighted by Gasteiger charge is 2.30. The van der Waals surface area contributed by atoms with Gasteiger partial charge in [0.05, 0.1) is 5.92 Å². The van der Waals surface area contributed by atoms with Crippen LogP contribution in [0.3, 0.4) is 0 Å². The predicted octanol–water partition coefficient (Wildman–Crippen LogP) is 4.59. The van der Waals surface area contributed by atoms with Gasteiger partial charge in [-0.3, -0.25) is 4.79 Å². The average molecular weight is 478 g/mol. The third kappa shape index (κ3) is 5.38. The van der Waals surface area contributed by atoms with Crippen LogP contribution in [0.1, 0.15) is 22.6 Å². The van der Waals surface area contributed by atoms with Gasteiger partial charge < -0.3 is 14.7 Å². The lowest BCUT2D eigenvalue weighted by molar-refractivity contribution is -0.132. The second kappa shape index (κ2) is 11.0. The Balaban J connectivity index is 1.26. The highest BCUT2D eigenvalue weighted by Crippen LogP contribution is 2.28. The molecule has 6 nitrogen and oxygen atoms in total. The summed E-state index contributed by atoms with van der Waals surface area (Å²) in [6, 6.07) is 32.4. The van der Waals surface area contributed by atoms with Crippen LogP contribution in [0.5, 0.6) is 0 Å². The fourth-order valence-corrected chi connectivity index (χ4v) is 4.73. The highest BCUT2D eigenvalue weighted by molar-refractivity contribution is 5.87. The van der Waals surface area contributed by atoms with E-state index in [1.165, 1.54) is 5.56 Å². The van der Waals surface area contributed by atoms with Crippen molar-refractivity contribution in [2.45, 2.75) is 12.5 Å². The third-order valence-corrected chi connectivity index (χ3v) is 6.66. The number of carbonyl (C=O) groups is 1. The molecule has 0 spiro atoms. The first-order valence-electron chi connectivity index (χ1n) is 12.4. The number of piperazine rings is 1. The van der Waals surface area contributed by atoms with E-state index in [4.69, 9.17) is 4.98 Å². The standard InChI is InChI=1S/C30H31N5O/c1-33(23-24-11-5-2-6-12-24)30-31-18-17-27(32-30)34-19-21-35(22-20-34)29(36)28(25-13-7-3-8-14-25)26-15-9-4-10-16-26/h2-18,28H,19-23H2,1H3. The molecule has 1 amide bonds. The average Bonchev–Trinajstić information content (AvgIpc) is 2.95. The van der Waals surface area contributed by atoms with Gasteiger partial charge in [0.25, 0.3) is 0 Å². The molecule has 182 valence electrons. The van der Waals surface area contributed by atoms with Gasteiger partial charge in [0.2, 0.25) is 11.9 Å². The zero-order chi connectivity index (χ0) is 24.7. The molecule has 5 rings (SSSR count). The van der Waals surface area contributed by atoms with E-state index in [0.717, 1.165) is 36.6 Å². The molecule has 4 aromatic rings. The molecule has 0 radical (unpaired) electrons. The first-order chi connectivity index (χ1) is 17.7. The van der Waals surface area contributed by atoms with E-state index in [1.54, 1.807) is 0 Å². The second-order valence-corrected chi connectivity index (χ2v) is 9.12. The van der Waals surface area contributed by atoms with Gasteiger partial charge in [-0.15, -0.1) is 0 Å². The maximum absolute atomic E-state index is 13.7. The van der Waals surface area contributed by atoms with Gasteiger partial charge in [-0.1, -0.05) is 91.0 Å². The molecule has 36 heavy (non-hydrogen) atoms. The molecule has 1 aliphatic heterocycles. The van der Waals surface area contributed by atoms with E-state index in [-0.39, 0.29) is 11.8 Å². The molecule has 1 saturated heterocycles. The fraction of sp³-hybridized carbons (Fsp3) is 0.233. The molecule has 2 heterocycles. The second-order valence-electron chi connectivity index (χ2n) is 9.12. The summed E-state index contributed by atoms with van der Waals surface area (Å²) in [7, 11) is 2.01. The summed E-state index contributed by atoms with van der Waals surface area (Å²) >= 11 is 0. The van der Waals surface area contributed by atoms with Gasteiger partial charge in [-0.2, -0.15) is 4.98 Å². The smallest absolute Gasteiger partial charge is 0.234 e. The van der Waals surface area contributed by atoms with Crippen molar-refractivity contribution in [1.29, 1.82) is 0 Å². The Labute approximate surface area is 212 Å². The van der Waals surface area contributed by atoms with Gasteiger partial charge in [0, 0.05) is 46.0 Å². The lowest BCUT2D eigenvalue weighted by Gasteiger charge is -2.37. The summed E-state index contributed by atoms with van der Waals surface area (Å²) in [5.41, 5.74) is 3.27. The number of hydrogen-bond donors (Lipinski definition) is 0. The Morgan fingerprint density at radius 2 is 1.36 bits per heavy atom. The van der Waals surface area contributed by atoms with Crippen LogP contribution in [0.15, 0.2) is 103 Å². The van der Waals surface area contributed by atoms with E-state index < -0.39 is 0 Å². The van der Waals surface area contributed by atoms with E-state index in [0.29, 0.717) is 19.0 Å². The summed E-state index contributed by atoms with van der Waals surface area (Å²) in [6.45, 7) is 3.54. The number of aromatic nitrogens is 2. The van der Waals surface area contributed by atoms with E-state index in [1.807, 2.05) is 103 Å². The number of rotatable bonds is 7. The minimum Gasteiger partial charge on any atom is -0.353 e. The molecular formula is C30H31N5O. The lowest BCUT2D eigenvalue weighted by atomic mass is 9.90. The zero-order valence-electron chi connectivity index (χ0n) is 20.6. The molecular weight excluding hydrogens is 446 g/mol. The van der Waals surface area contributed by atoms with Crippen LogP contribution in [-0.4, -0.2) is 54.0 Å². The van der Waals surface area contributed by atoms with E-state index in [9.17, 15) is 4.79 Å². The Hall–Kier alpha value is -4.19. The number of carbonyl (C=O) groups excluding carboxylic acids is 1. The number of anilines is 2. The van der Waals surface area contributed by atoms with Crippen LogP contribution in [-0.2, 0) is 11.3 Å². The lowest BCUT2D eigenvalue weighted by Crippen LogP contribution is -2.50. The maximum atomic E-state index is 13.7. The van der Waals surface area contributed by atoms with Crippen molar-refractivity contribution in [3.05, 3.63) is 120 Å². The van der Waals surface area contributed by atoms with Gasteiger partial charge in [-0.25, -0.2) is 4.98 Å². The van der Waals surface area contributed by atoms with Crippen molar-refractivity contribution >= 4 is 17.7 Å². The molecule has 0 saturated carbocycles.